The Morgan fingerprint density at radius 1 is 0.839 bits per heavy atom. The van der Waals surface area contributed by atoms with E-state index in [1.165, 1.54) is 5.56 Å². The van der Waals surface area contributed by atoms with Crippen molar-refractivity contribution < 1.29 is 0 Å². The number of nitrogens with zero attached hydrogens (tertiary/aromatic N) is 5. The minimum atomic E-state index is -0.0693. The summed E-state index contributed by atoms with van der Waals surface area (Å²) in [6.45, 7) is 9.45. The van der Waals surface area contributed by atoms with Gasteiger partial charge in [0.1, 0.15) is 16.7 Å². The monoisotopic (exact) mass is 411 g/mol. The lowest BCUT2D eigenvalue weighted by Gasteiger charge is -2.12. The molecule has 0 aliphatic carbocycles. The highest BCUT2D eigenvalue weighted by molar-refractivity contribution is 6.04. The second kappa shape index (κ2) is 7.30. The van der Waals surface area contributed by atoms with Crippen LogP contribution < -0.4 is 5.56 Å². The van der Waals surface area contributed by atoms with Crippen molar-refractivity contribution in [2.75, 3.05) is 0 Å². The van der Waals surface area contributed by atoms with Crippen molar-refractivity contribution in [2.24, 2.45) is 5.92 Å². The fraction of sp³-hybridized carbons (Fsp3) is 0.280. The van der Waals surface area contributed by atoms with Crippen molar-refractivity contribution in [3.05, 3.63) is 75.8 Å². The van der Waals surface area contributed by atoms with Crippen molar-refractivity contribution in [2.45, 2.75) is 40.8 Å². The van der Waals surface area contributed by atoms with Crippen LogP contribution in [0.1, 0.15) is 30.8 Å². The summed E-state index contributed by atoms with van der Waals surface area (Å²) >= 11 is 0. The standard InChI is InChI=1S/C25H25N5O/c1-15(2)13-30-23-21(22-24(30)28-20-8-6-5-7-19(20)27-22)25(31)29(17(4)26-23)14-18-11-9-16(3)10-12-18/h5-12,15H,13-14H2,1-4H3. The normalized spacial score (nSPS) is 11.9. The third-order valence-electron chi connectivity index (χ3n) is 5.65. The topological polar surface area (TPSA) is 65.6 Å². The van der Waals surface area contributed by atoms with Crippen molar-refractivity contribution in [3.8, 4) is 0 Å². The van der Waals surface area contributed by atoms with E-state index < -0.39 is 0 Å². The zero-order valence-electron chi connectivity index (χ0n) is 18.3. The molecule has 2 aromatic carbocycles. The molecule has 0 aliphatic heterocycles. The highest BCUT2D eigenvalue weighted by atomic mass is 16.1. The SMILES string of the molecule is Cc1ccc(Cn2c(C)nc3c(c2=O)c2nc4ccccc4nc2n3CC(C)C)cc1. The van der Waals surface area contributed by atoms with E-state index in [9.17, 15) is 4.79 Å². The van der Waals surface area contributed by atoms with Crippen LogP contribution in [0.5, 0.6) is 0 Å². The molecule has 0 fully saturated rings. The number of hydrogen-bond donors (Lipinski definition) is 0. The maximum absolute atomic E-state index is 13.7. The van der Waals surface area contributed by atoms with Gasteiger partial charge in [-0.15, -0.1) is 0 Å². The molecule has 0 atom stereocenters. The van der Waals surface area contributed by atoms with Crippen LogP contribution in [0.15, 0.2) is 53.3 Å². The van der Waals surface area contributed by atoms with E-state index in [-0.39, 0.29) is 5.56 Å². The number of aryl methyl sites for hydroxylation is 2. The van der Waals surface area contributed by atoms with Gasteiger partial charge in [0.15, 0.2) is 11.3 Å². The van der Waals surface area contributed by atoms with E-state index in [0.29, 0.717) is 34.8 Å². The largest absolute Gasteiger partial charge is 0.308 e. The van der Waals surface area contributed by atoms with E-state index in [4.69, 9.17) is 15.0 Å². The Morgan fingerprint density at radius 2 is 1.52 bits per heavy atom. The summed E-state index contributed by atoms with van der Waals surface area (Å²) in [4.78, 5) is 28.3. The van der Waals surface area contributed by atoms with Gasteiger partial charge in [0.05, 0.1) is 17.6 Å². The average molecular weight is 412 g/mol. The Kier molecular flexibility index (Phi) is 4.58. The Hall–Kier alpha value is -3.54. The Balaban J connectivity index is 1.82. The first-order chi connectivity index (χ1) is 14.9. The summed E-state index contributed by atoms with van der Waals surface area (Å²) in [5.74, 6) is 1.07. The molecule has 0 N–H and O–H groups in total. The molecule has 0 spiro atoms. The van der Waals surface area contributed by atoms with E-state index in [2.05, 4.69) is 49.6 Å². The number of benzene rings is 2. The number of hydrogen-bond acceptors (Lipinski definition) is 4. The minimum absolute atomic E-state index is 0.0693. The van der Waals surface area contributed by atoms with Crippen LogP contribution in [-0.4, -0.2) is 24.1 Å². The smallest absolute Gasteiger partial charge is 0.265 e. The molecule has 0 bridgehead atoms. The van der Waals surface area contributed by atoms with Gasteiger partial charge >= 0.3 is 0 Å². The van der Waals surface area contributed by atoms with Gasteiger partial charge in [-0.25, -0.2) is 15.0 Å². The third kappa shape index (κ3) is 3.28. The fourth-order valence-electron chi connectivity index (χ4n) is 4.10. The van der Waals surface area contributed by atoms with Crippen molar-refractivity contribution >= 4 is 33.2 Å². The average Bonchev–Trinajstić information content (AvgIpc) is 3.02. The summed E-state index contributed by atoms with van der Waals surface area (Å²) in [6, 6.07) is 16.0. The summed E-state index contributed by atoms with van der Waals surface area (Å²) in [5, 5.41) is 0.548. The molecular formula is C25H25N5O. The zero-order chi connectivity index (χ0) is 21.7. The van der Waals surface area contributed by atoms with Gasteiger partial charge in [-0.05, 0) is 37.5 Å². The second-order valence-electron chi connectivity index (χ2n) is 8.62. The highest BCUT2D eigenvalue weighted by Crippen LogP contribution is 2.26. The maximum atomic E-state index is 13.7. The van der Waals surface area contributed by atoms with Crippen LogP contribution in [-0.2, 0) is 13.1 Å². The molecule has 0 saturated carbocycles. The molecule has 5 aromatic rings. The van der Waals surface area contributed by atoms with E-state index in [1.54, 1.807) is 4.57 Å². The lowest BCUT2D eigenvalue weighted by Crippen LogP contribution is -2.24. The first-order valence-corrected chi connectivity index (χ1v) is 10.6. The van der Waals surface area contributed by atoms with Gasteiger partial charge in [0.25, 0.3) is 5.56 Å². The minimum Gasteiger partial charge on any atom is -0.308 e. The van der Waals surface area contributed by atoms with Crippen LogP contribution in [0.25, 0.3) is 33.2 Å². The molecule has 6 heteroatoms. The van der Waals surface area contributed by atoms with Crippen LogP contribution in [0.2, 0.25) is 0 Å². The number of rotatable bonds is 4. The Labute approximate surface area is 180 Å². The third-order valence-corrected chi connectivity index (χ3v) is 5.65. The van der Waals surface area contributed by atoms with Gasteiger partial charge < -0.3 is 4.57 Å². The predicted octanol–water partition coefficient (Wildman–Crippen LogP) is 4.62. The number of aromatic nitrogens is 5. The first-order valence-electron chi connectivity index (χ1n) is 10.6. The van der Waals surface area contributed by atoms with E-state index in [1.807, 2.05) is 31.2 Å². The Morgan fingerprint density at radius 3 is 2.19 bits per heavy atom. The van der Waals surface area contributed by atoms with Gasteiger partial charge in [-0.3, -0.25) is 9.36 Å². The quantitative estimate of drug-likeness (QED) is 0.433. The molecule has 3 heterocycles. The van der Waals surface area contributed by atoms with Crippen LogP contribution in [0.4, 0.5) is 0 Å². The van der Waals surface area contributed by atoms with Gasteiger partial charge in [0, 0.05) is 6.54 Å². The molecule has 0 unspecified atom stereocenters. The van der Waals surface area contributed by atoms with Crippen molar-refractivity contribution in [1.29, 1.82) is 0 Å². The summed E-state index contributed by atoms with van der Waals surface area (Å²) in [5.41, 5.74) is 5.81. The molecule has 0 amide bonds. The molecule has 6 nitrogen and oxygen atoms in total. The first kappa shape index (κ1) is 19.4. The van der Waals surface area contributed by atoms with Gasteiger partial charge in [-0.1, -0.05) is 55.8 Å². The zero-order valence-corrected chi connectivity index (χ0v) is 18.3. The lowest BCUT2D eigenvalue weighted by molar-refractivity contribution is 0.539. The maximum Gasteiger partial charge on any atom is 0.265 e. The lowest BCUT2D eigenvalue weighted by atomic mass is 10.1. The molecule has 0 saturated heterocycles. The van der Waals surface area contributed by atoms with E-state index in [0.717, 1.165) is 28.8 Å². The van der Waals surface area contributed by atoms with Gasteiger partial charge in [-0.2, -0.15) is 0 Å². The number of para-hydroxylation sites is 2. The predicted molar refractivity (Wildman–Crippen MR) is 124 cm³/mol. The van der Waals surface area contributed by atoms with Gasteiger partial charge in [0.2, 0.25) is 0 Å². The number of fused-ring (bicyclic) bond motifs is 4. The summed E-state index contributed by atoms with van der Waals surface area (Å²) in [6.07, 6.45) is 0. The molecule has 0 aliphatic rings. The summed E-state index contributed by atoms with van der Waals surface area (Å²) < 4.78 is 3.79. The van der Waals surface area contributed by atoms with Crippen molar-refractivity contribution in [3.63, 3.8) is 0 Å². The molecule has 156 valence electrons. The van der Waals surface area contributed by atoms with Crippen LogP contribution >= 0.6 is 0 Å². The van der Waals surface area contributed by atoms with Crippen molar-refractivity contribution in [1.82, 2.24) is 24.1 Å². The summed E-state index contributed by atoms with van der Waals surface area (Å²) in [7, 11) is 0. The highest BCUT2D eigenvalue weighted by Gasteiger charge is 2.21. The van der Waals surface area contributed by atoms with Crippen LogP contribution in [0.3, 0.4) is 0 Å². The molecule has 5 rings (SSSR count). The molecule has 3 aromatic heterocycles. The molecule has 0 radical (unpaired) electrons. The second-order valence-corrected chi connectivity index (χ2v) is 8.62. The molecular weight excluding hydrogens is 386 g/mol. The molecule has 31 heavy (non-hydrogen) atoms. The fourth-order valence-corrected chi connectivity index (χ4v) is 4.10. The Bertz CT molecular complexity index is 1490. The van der Waals surface area contributed by atoms with E-state index >= 15 is 0 Å². The van der Waals surface area contributed by atoms with Crippen LogP contribution in [0, 0.1) is 19.8 Å².